The molecule has 0 fully saturated rings. The summed E-state index contributed by atoms with van der Waals surface area (Å²) in [5.41, 5.74) is 8.10. The monoisotopic (exact) mass is 333 g/mol. The lowest BCUT2D eigenvalue weighted by atomic mass is 9.86. The van der Waals surface area contributed by atoms with Crippen molar-refractivity contribution in [2.75, 3.05) is 0 Å². The second-order valence-corrected chi connectivity index (χ2v) is 6.32. The lowest BCUT2D eigenvalue weighted by molar-refractivity contribution is 0.242. The van der Waals surface area contributed by atoms with E-state index in [4.69, 9.17) is 10.5 Å². The fraction of sp³-hybridized carbons (Fsp3) is 0.294. The minimum absolute atomic E-state index is 0.153. The van der Waals surface area contributed by atoms with E-state index in [1.54, 1.807) is 0 Å². The van der Waals surface area contributed by atoms with Crippen LogP contribution in [0, 0.1) is 0 Å². The summed E-state index contributed by atoms with van der Waals surface area (Å²) in [6, 6.07) is 16.1. The molecule has 1 unspecified atom stereocenters. The average molecular weight is 334 g/mol. The Morgan fingerprint density at radius 1 is 1.05 bits per heavy atom. The molecule has 0 bridgehead atoms. The molecule has 0 spiro atoms. The van der Waals surface area contributed by atoms with E-state index in [-0.39, 0.29) is 6.10 Å². The maximum atomic E-state index is 6.55. The molecule has 1 atom stereocenters. The van der Waals surface area contributed by atoms with Gasteiger partial charge in [0.05, 0.1) is 11.6 Å². The molecule has 0 amide bonds. The second-order valence-electron chi connectivity index (χ2n) is 5.41. The molecule has 2 N–H and O–H groups in total. The summed E-state index contributed by atoms with van der Waals surface area (Å²) in [5.74, 6) is 0.851. The number of hydrogen-bond acceptors (Lipinski definition) is 2. The first kappa shape index (κ1) is 15.1. The molecular weight excluding hydrogens is 314 g/mol. The maximum Gasteiger partial charge on any atom is 0.120 e. The summed E-state index contributed by atoms with van der Waals surface area (Å²) in [6.07, 6.45) is 0.153. The quantitative estimate of drug-likeness (QED) is 0.896. The zero-order valence-electron chi connectivity index (χ0n) is 12.1. The topological polar surface area (TPSA) is 35.2 Å². The average Bonchev–Trinajstić information content (AvgIpc) is 2.38. The van der Waals surface area contributed by atoms with Crippen LogP contribution in [0.5, 0.6) is 5.75 Å². The van der Waals surface area contributed by atoms with Crippen LogP contribution in [0.15, 0.2) is 53.0 Å². The van der Waals surface area contributed by atoms with Gasteiger partial charge in [-0.1, -0.05) is 40.2 Å². The van der Waals surface area contributed by atoms with E-state index in [9.17, 15) is 0 Å². The van der Waals surface area contributed by atoms with Crippen LogP contribution in [-0.4, -0.2) is 6.10 Å². The first-order valence-electron chi connectivity index (χ1n) is 6.71. The fourth-order valence-corrected chi connectivity index (χ4v) is 2.54. The van der Waals surface area contributed by atoms with E-state index in [1.807, 2.05) is 63.2 Å². The van der Waals surface area contributed by atoms with Crippen LogP contribution >= 0.6 is 15.9 Å². The van der Waals surface area contributed by atoms with Gasteiger partial charge in [-0.2, -0.15) is 0 Å². The van der Waals surface area contributed by atoms with Gasteiger partial charge in [-0.05, 0) is 56.2 Å². The SMILES string of the molecule is CC(C)Oc1cccc(C(C)(N)c2cccc(Br)c2)c1. The molecule has 2 aromatic carbocycles. The fourth-order valence-electron chi connectivity index (χ4n) is 2.14. The standard InChI is InChI=1S/C17H20BrNO/c1-12(2)20-16-9-5-7-14(11-16)17(3,19)13-6-4-8-15(18)10-13/h4-12H,19H2,1-3H3. The van der Waals surface area contributed by atoms with Gasteiger partial charge in [0.1, 0.15) is 5.75 Å². The van der Waals surface area contributed by atoms with Gasteiger partial charge in [0.25, 0.3) is 0 Å². The first-order valence-corrected chi connectivity index (χ1v) is 7.51. The zero-order valence-corrected chi connectivity index (χ0v) is 13.6. The summed E-state index contributed by atoms with van der Waals surface area (Å²) in [5, 5.41) is 0. The van der Waals surface area contributed by atoms with Crippen molar-refractivity contribution in [3.05, 3.63) is 64.1 Å². The molecule has 0 saturated heterocycles. The molecule has 0 aliphatic rings. The van der Waals surface area contributed by atoms with Gasteiger partial charge >= 0.3 is 0 Å². The molecular formula is C17H20BrNO. The normalized spacial score (nSPS) is 14.1. The summed E-state index contributed by atoms with van der Waals surface area (Å²) >= 11 is 3.49. The molecule has 2 aromatic rings. The molecule has 106 valence electrons. The number of hydrogen-bond donors (Lipinski definition) is 1. The largest absolute Gasteiger partial charge is 0.491 e. The van der Waals surface area contributed by atoms with Crippen molar-refractivity contribution in [2.24, 2.45) is 5.73 Å². The van der Waals surface area contributed by atoms with Crippen LogP contribution in [-0.2, 0) is 5.54 Å². The highest BCUT2D eigenvalue weighted by Gasteiger charge is 2.24. The molecule has 0 radical (unpaired) electrons. The predicted octanol–water partition coefficient (Wildman–Crippen LogP) is 4.46. The van der Waals surface area contributed by atoms with Crippen LogP contribution < -0.4 is 10.5 Å². The van der Waals surface area contributed by atoms with Crippen LogP contribution in [0.4, 0.5) is 0 Å². The summed E-state index contributed by atoms with van der Waals surface area (Å²) < 4.78 is 6.77. The number of halogens is 1. The van der Waals surface area contributed by atoms with Crippen molar-refractivity contribution in [3.63, 3.8) is 0 Å². The minimum Gasteiger partial charge on any atom is -0.491 e. The third-order valence-electron chi connectivity index (χ3n) is 3.23. The highest BCUT2D eigenvalue weighted by molar-refractivity contribution is 9.10. The first-order chi connectivity index (χ1) is 9.39. The molecule has 0 aliphatic heterocycles. The Bertz CT molecular complexity index is 593. The number of nitrogens with two attached hydrogens (primary N) is 1. The van der Waals surface area contributed by atoms with E-state index in [0.717, 1.165) is 21.3 Å². The summed E-state index contributed by atoms with van der Waals surface area (Å²) in [4.78, 5) is 0. The van der Waals surface area contributed by atoms with Crippen LogP contribution in [0.3, 0.4) is 0 Å². The molecule has 0 heterocycles. The van der Waals surface area contributed by atoms with Gasteiger partial charge in [-0.15, -0.1) is 0 Å². The zero-order chi connectivity index (χ0) is 14.8. The van der Waals surface area contributed by atoms with Crippen LogP contribution in [0.25, 0.3) is 0 Å². The maximum absolute atomic E-state index is 6.55. The minimum atomic E-state index is -0.555. The Hall–Kier alpha value is -1.32. The Morgan fingerprint density at radius 2 is 1.65 bits per heavy atom. The molecule has 0 saturated carbocycles. The Kier molecular flexibility index (Phi) is 4.51. The molecule has 0 aliphatic carbocycles. The smallest absolute Gasteiger partial charge is 0.120 e. The second kappa shape index (κ2) is 5.98. The third-order valence-corrected chi connectivity index (χ3v) is 3.72. The van der Waals surface area contributed by atoms with Gasteiger partial charge in [0.2, 0.25) is 0 Å². The Morgan fingerprint density at radius 3 is 2.25 bits per heavy atom. The number of benzene rings is 2. The summed E-state index contributed by atoms with van der Waals surface area (Å²) in [7, 11) is 0. The van der Waals surface area contributed by atoms with Crippen molar-refractivity contribution in [1.82, 2.24) is 0 Å². The molecule has 20 heavy (non-hydrogen) atoms. The van der Waals surface area contributed by atoms with Crippen molar-refractivity contribution in [2.45, 2.75) is 32.4 Å². The van der Waals surface area contributed by atoms with E-state index < -0.39 is 5.54 Å². The highest BCUT2D eigenvalue weighted by Crippen LogP contribution is 2.30. The molecule has 0 aromatic heterocycles. The van der Waals surface area contributed by atoms with Gasteiger partial charge in [0, 0.05) is 4.47 Å². The Balaban J connectivity index is 2.38. The van der Waals surface area contributed by atoms with Gasteiger partial charge in [-0.25, -0.2) is 0 Å². The third kappa shape index (κ3) is 3.41. The van der Waals surface area contributed by atoms with E-state index in [2.05, 4.69) is 22.0 Å². The van der Waals surface area contributed by atoms with Crippen molar-refractivity contribution < 1.29 is 4.74 Å². The highest BCUT2D eigenvalue weighted by atomic mass is 79.9. The lowest BCUT2D eigenvalue weighted by Crippen LogP contribution is -2.34. The van der Waals surface area contributed by atoms with Crippen LogP contribution in [0.2, 0.25) is 0 Å². The summed E-state index contributed by atoms with van der Waals surface area (Å²) in [6.45, 7) is 6.05. The molecule has 2 nitrogen and oxygen atoms in total. The molecule has 2 rings (SSSR count). The van der Waals surface area contributed by atoms with Crippen molar-refractivity contribution >= 4 is 15.9 Å². The molecule has 3 heteroatoms. The number of ether oxygens (including phenoxy) is 1. The van der Waals surface area contributed by atoms with Crippen LogP contribution in [0.1, 0.15) is 31.9 Å². The van der Waals surface area contributed by atoms with E-state index in [0.29, 0.717) is 0 Å². The van der Waals surface area contributed by atoms with Gasteiger partial charge < -0.3 is 10.5 Å². The number of rotatable bonds is 4. The van der Waals surface area contributed by atoms with Gasteiger partial charge in [-0.3, -0.25) is 0 Å². The van der Waals surface area contributed by atoms with Gasteiger partial charge in [0.15, 0.2) is 0 Å². The van der Waals surface area contributed by atoms with E-state index in [1.165, 1.54) is 0 Å². The van der Waals surface area contributed by atoms with E-state index >= 15 is 0 Å². The van der Waals surface area contributed by atoms with Crippen molar-refractivity contribution in [1.29, 1.82) is 0 Å². The Labute approximate surface area is 129 Å². The van der Waals surface area contributed by atoms with Crippen molar-refractivity contribution in [3.8, 4) is 5.75 Å². The lowest BCUT2D eigenvalue weighted by Gasteiger charge is -2.27. The predicted molar refractivity (Wildman–Crippen MR) is 87.0 cm³/mol.